The lowest BCUT2D eigenvalue weighted by Crippen LogP contribution is -2.21. The van der Waals surface area contributed by atoms with Gasteiger partial charge in [-0.25, -0.2) is 0 Å². The number of carbonyl (C=O) groups excluding carboxylic acids is 1. The molecule has 4 aromatic rings. The zero-order valence-corrected chi connectivity index (χ0v) is 20.2. The maximum atomic E-state index is 12.4. The third kappa shape index (κ3) is 6.07. The first-order chi connectivity index (χ1) is 17.0. The Morgan fingerprint density at radius 1 is 1.14 bits per heavy atom. The Balaban J connectivity index is 1.57. The van der Waals surface area contributed by atoms with Crippen LogP contribution in [0.1, 0.15) is 29.3 Å². The molecule has 4 rings (SSSR count). The normalized spacial score (nSPS) is 12.0. The number of ether oxygens (including phenoxy) is 3. The van der Waals surface area contributed by atoms with Gasteiger partial charge in [0, 0.05) is 36.4 Å². The largest absolute Gasteiger partial charge is 0.489 e. The van der Waals surface area contributed by atoms with Crippen LogP contribution in [0.2, 0.25) is 0 Å². The quantitative estimate of drug-likeness (QED) is 0.324. The predicted molar refractivity (Wildman–Crippen MR) is 134 cm³/mol. The van der Waals surface area contributed by atoms with Gasteiger partial charge in [-0.05, 0) is 66.9 Å². The molecule has 0 fully saturated rings. The van der Waals surface area contributed by atoms with Crippen LogP contribution in [0.15, 0.2) is 65.4 Å². The fraction of sp³-hybridized carbons (Fsp3) is 0.286. The number of carbonyl (C=O) groups is 1. The van der Waals surface area contributed by atoms with Gasteiger partial charge in [0.1, 0.15) is 24.0 Å². The Morgan fingerprint density at radius 3 is 2.80 bits per heavy atom. The van der Waals surface area contributed by atoms with Crippen molar-refractivity contribution in [1.29, 1.82) is 0 Å². The zero-order valence-electron chi connectivity index (χ0n) is 20.2. The van der Waals surface area contributed by atoms with E-state index in [1.807, 2.05) is 49.4 Å². The molecule has 7 nitrogen and oxygen atoms in total. The van der Waals surface area contributed by atoms with Gasteiger partial charge in [-0.3, -0.25) is 9.78 Å². The van der Waals surface area contributed by atoms with E-state index in [1.165, 1.54) is 0 Å². The van der Waals surface area contributed by atoms with Crippen molar-refractivity contribution in [2.75, 3.05) is 13.7 Å². The van der Waals surface area contributed by atoms with Crippen LogP contribution in [0.3, 0.4) is 0 Å². The van der Waals surface area contributed by atoms with Crippen molar-refractivity contribution in [3.63, 3.8) is 0 Å². The van der Waals surface area contributed by atoms with Gasteiger partial charge in [0.25, 0.3) is 0 Å². The molecule has 0 aliphatic heterocycles. The van der Waals surface area contributed by atoms with Crippen LogP contribution in [-0.2, 0) is 33.8 Å². The summed E-state index contributed by atoms with van der Waals surface area (Å²) in [5.41, 5.74) is 12.1. The molecule has 1 unspecified atom stereocenters. The van der Waals surface area contributed by atoms with E-state index >= 15 is 0 Å². The molecule has 1 atom stereocenters. The number of hydrogen-bond acceptors (Lipinski definition) is 7. The van der Waals surface area contributed by atoms with E-state index in [2.05, 4.69) is 11.1 Å². The number of benzene rings is 2. The van der Waals surface area contributed by atoms with Gasteiger partial charge < -0.3 is 24.4 Å². The van der Waals surface area contributed by atoms with E-state index in [4.69, 9.17) is 24.4 Å². The lowest BCUT2D eigenvalue weighted by Gasteiger charge is -2.15. The summed E-state index contributed by atoms with van der Waals surface area (Å²) in [6.07, 6.45) is 3.24. The smallest absolute Gasteiger partial charge is 0.310 e. The Morgan fingerprint density at radius 2 is 2.00 bits per heavy atom. The van der Waals surface area contributed by atoms with Crippen molar-refractivity contribution in [2.45, 2.75) is 39.5 Å². The number of nitrogens with two attached hydrogens (primary N) is 1. The minimum absolute atomic E-state index is 0.120. The van der Waals surface area contributed by atoms with Crippen LogP contribution in [0.25, 0.3) is 22.1 Å². The lowest BCUT2D eigenvalue weighted by atomic mass is 10.0. The van der Waals surface area contributed by atoms with E-state index in [0.717, 1.165) is 44.5 Å². The first kappa shape index (κ1) is 24.4. The summed E-state index contributed by atoms with van der Waals surface area (Å²) in [5, 5.41) is 0.979. The molecule has 0 amide bonds. The van der Waals surface area contributed by atoms with E-state index < -0.39 is 0 Å². The number of aryl methyl sites for hydroxylation is 1. The number of fused-ring (bicyclic) bond motifs is 1. The Hall–Kier alpha value is -3.68. The molecule has 0 aliphatic carbocycles. The van der Waals surface area contributed by atoms with E-state index in [0.29, 0.717) is 25.5 Å². The van der Waals surface area contributed by atoms with Crippen LogP contribution >= 0.6 is 0 Å². The number of furan rings is 1. The van der Waals surface area contributed by atoms with Gasteiger partial charge in [-0.15, -0.1) is 0 Å². The second-order valence-corrected chi connectivity index (χ2v) is 8.55. The van der Waals surface area contributed by atoms with E-state index in [-0.39, 0.29) is 18.5 Å². The number of hydrogen-bond donors (Lipinski definition) is 1. The Bertz CT molecular complexity index is 1310. The molecule has 7 heteroatoms. The molecular formula is C28H30N2O5. The third-order valence-corrected chi connectivity index (χ3v) is 5.63. The lowest BCUT2D eigenvalue weighted by molar-refractivity contribution is -0.149. The highest BCUT2D eigenvalue weighted by Crippen LogP contribution is 2.32. The van der Waals surface area contributed by atoms with E-state index in [9.17, 15) is 4.79 Å². The summed E-state index contributed by atoms with van der Waals surface area (Å²) in [6, 6.07) is 15.7. The molecule has 2 aromatic heterocycles. The fourth-order valence-electron chi connectivity index (χ4n) is 3.99. The van der Waals surface area contributed by atoms with Gasteiger partial charge >= 0.3 is 5.97 Å². The standard InChI is InChI=1S/C28H30N2O5/c1-18-4-5-22(14-27(31)35-19(2)16-32-3)26(10-18)34-17-20-11-23-7-9-33-28(23)25(12-20)21-6-8-30-24(13-21)15-29/h4-13,19H,14-17,29H2,1-3H3. The van der Waals surface area contributed by atoms with Crippen molar-refractivity contribution in [3.05, 3.63) is 83.4 Å². The third-order valence-electron chi connectivity index (χ3n) is 5.63. The summed E-state index contributed by atoms with van der Waals surface area (Å²) < 4.78 is 22.5. The average Bonchev–Trinajstić information content (AvgIpc) is 3.32. The van der Waals surface area contributed by atoms with Crippen molar-refractivity contribution in [3.8, 4) is 16.9 Å². The topological polar surface area (TPSA) is 96.8 Å². The summed E-state index contributed by atoms with van der Waals surface area (Å²) >= 11 is 0. The minimum atomic E-state index is -0.321. The molecule has 0 aliphatic rings. The number of nitrogens with zero attached hydrogens (tertiary/aromatic N) is 1. The molecule has 0 spiro atoms. The van der Waals surface area contributed by atoms with Crippen molar-refractivity contribution >= 4 is 16.9 Å². The maximum absolute atomic E-state index is 12.4. The Kier molecular flexibility index (Phi) is 7.80. The monoisotopic (exact) mass is 474 g/mol. The first-order valence-electron chi connectivity index (χ1n) is 11.5. The second kappa shape index (κ2) is 11.2. The number of aromatic nitrogens is 1. The van der Waals surface area contributed by atoms with Crippen LogP contribution in [-0.4, -0.2) is 30.8 Å². The van der Waals surface area contributed by atoms with Crippen molar-refractivity contribution in [2.24, 2.45) is 5.73 Å². The highest BCUT2D eigenvalue weighted by Gasteiger charge is 2.15. The molecular weight excluding hydrogens is 444 g/mol. The number of esters is 1. The SMILES string of the molecule is COCC(C)OC(=O)Cc1ccc(C)cc1OCc1cc(-c2ccnc(CN)c2)c2occc2c1. The van der Waals surface area contributed by atoms with Gasteiger partial charge in [-0.2, -0.15) is 0 Å². The highest BCUT2D eigenvalue weighted by molar-refractivity contribution is 5.93. The summed E-state index contributed by atoms with van der Waals surface area (Å²) in [4.78, 5) is 16.7. The second-order valence-electron chi connectivity index (χ2n) is 8.55. The first-order valence-corrected chi connectivity index (χ1v) is 11.5. The number of pyridine rings is 1. The van der Waals surface area contributed by atoms with Crippen LogP contribution in [0.4, 0.5) is 0 Å². The minimum Gasteiger partial charge on any atom is -0.489 e. The van der Waals surface area contributed by atoms with Crippen molar-refractivity contribution in [1.82, 2.24) is 4.98 Å². The summed E-state index contributed by atoms with van der Waals surface area (Å²) in [7, 11) is 1.58. The maximum Gasteiger partial charge on any atom is 0.310 e. The molecule has 2 heterocycles. The zero-order chi connectivity index (χ0) is 24.8. The average molecular weight is 475 g/mol. The van der Waals surface area contributed by atoms with Crippen LogP contribution in [0, 0.1) is 6.92 Å². The molecule has 0 saturated heterocycles. The molecule has 2 N–H and O–H groups in total. The molecule has 0 saturated carbocycles. The molecule has 182 valence electrons. The van der Waals surface area contributed by atoms with Crippen LogP contribution in [0.5, 0.6) is 5.75 Å². The molecule has 0 radical (unpaired) electrons. The van der Waals surface area contributed by atoms with Gasteiger partial charge in [0.2, 0.25) is 0 Å². The predicted octanol–water partition coefficient (Wildman–Crippen LogP) is 4.96. The molecule has 0 bridgehead atoms. The molecule has 35 heavy (non-hydrogen) atoms. The van der Waals surface area contributed by atoms with Gasteiger partial charge in [-0.1, -0.05) is 12.1 Å². The number of methoxy groups -OCH3 is 1. The fourth-order valence-corrected chi connectivity index (χ4v) is 3.99. The van der Waals surface area contributed by atoms with E-state index in [1.54, 1.807) is 26.5 Å². The highest BCUT2D eigenvalue weighted by atomic mass is 16.6. The molecule has 2 aromatic carbocycles. The van der Waals surface area contributed by atoms with Crippen molar-refractivity contribution < 1.29 is 23.4 Å². The van der Waals surface area contributed by atoms with Crippen LogP contribution < -0.4 is 10.5 Å². The summed E-state index contributed by atoms with van der Waals surface area (Å²) in [5.74, 6) is 0.336. The van der Waals surface area contributed by atoms with Gasteiger partial charge in [0.15, 0.2) is 0 Å². The number of rotatable bonds is 10. The van der Waals surface area contributed by atoms with Gasteiger partial charge in [0.05, 0.1) is 25.0 Å². The summed E-state index contributed by atoms with van der Waals surface area (Å²) in [6.45, 7) is 4.84. The Labute approximate surface area is 204 Å².